The molecule has 1 aliphatic rings. The molecule has 2 atom stereocenters. The Bertz CT molecular complexity index is 482. The van der Waals surface area contributed by atoms with Crippen molar-refractivity contribution < 1.29 is 4.79 Å². The molecule has 0 bridgehead atoms. The molecule has 1 aromatic carbocycles. The lowest BCUT2D eigenvalue weighted by Crippen LogP contribution is -2.51. The van der Waals surface area contributed by atoms with Crippen LogP contribution >= 0.6 is 24.8 Å². The Balaban J connectivity index is 0.00000242. The van der Waals surface area contributed by atoms with Crippen LogP contribution in [0.4, 0.5) is 0 Å². The van der Waals surface area contributed by atoms with Crippen LogP contribution in [0, 0.1) is 5.92 Å². The molecule has 0 aromatic heterocycles. The van der Waals surface area contributed by atoms with E-state index in [-0.39, 0.29) is 30.7 Å². The summed E-state index contributed by atoms with van der Waals surface area (Å²) in [5, 5.41) is 0. The number of nitrogens with zero attached hydrogens (tertiary/aromatic N) is 2. The molecular weight excluding hydrogens is 333 g/mol. The SMILES string of the molecule is CN1CCCC(CN(C)C(=O)C(C)(N)c2ccccc2)C1.Cl.Cl. The summed E-state index contributed by atoms with van der Waals surface area (Å²) >= 11 is 0. The maximum Gasteiger partial charge on any atom is 0.246 e. The third-order valence-corrected chi connectivity index (χ3v) is 4.42. The first kappa shape index (κ1) is 22.2. The van der Waals surface area contributed by atoms with Gasteiger partial charge in [0.1, 0.15) is 5.54 Å². The number of rotatable bonds is 4. The molecule has 2 unspecified atom stereocenters. The first-order valence-corrected chi connectivity index (χ1v) is 7.69. The molecule has 1 aliphatic heterocycles. The lowest BCUT2D eigenvalue weighted by Gasteiger charge is -2.35. The van der Waals surface area contributed by atoms with Gasteiger partial charge < -0.3 is 15.5 Å². The van der Waals surface area contributed by atoms with E-state index in [9.17, 15) is 4.79 Å². The fourth-order valence-corrected chi connectivity index (χ4v) is 3.20. The fourth-order valence-electron chi connectivity index (χ4n) is 3.20. The van der Waals surface area contributed by atoms with Crippen molar-refractivity contribution in [2.45, 2.75) is 25.3 Å². The van der Waals surface area contributed by atoms with Crippen LogP contribution in [0.15, 0.2) is 30.3 Å². The highest BCUT2D eigenvalue weighted by Crippen LogP contribution is 2.22. The Kier molecular flexibility index (Phi) is 9.14. The Hall–Kier alpha value is -0.810. The number of likely N-dealkylation sites (tertiary alicyclic amines) is 1. The van der Waals surface area contributed by atoms with Crippen molar-refractivity contribution in [3.8, 4) is 0 Å². The van der Waals surface area contributed by atoms with Gasteiger partial charge in [-0.2, -0.15) is 0 Å². The molecule has 2 rings (SSSR count). The molecule has 0 aliphatic carbocycles. The summed E-state index contributed by atoms with van der Waals surface area (Å²) in [6.07, 6.45) is 2.40. The summed E-state index contributed by atoms with van der Waals surface area (Å²) in [4.78, 5) is 16.8. The number of carbonyl (C=O) groups is 1. The van der Waals surface area contributed by atoms with Crippen molar-refractivity contribution in [1.29, 1.82) is 0 Å². The Labute approximate surface area is 152 Å². The van der Waals surface area contributed by atoms with Gasteiger partial charge in [0.15, 0.2) is 0 Å². The van der Waals surface area contributed by atoms with Crippen LogP contribution < -0.4 is 5.73 Å². The van der Waals surface area contributed by atoms with E-state index in [1.165, 1.54) is 12.8 Å². The van der Waals surface area contributed by atoms with E-state index in [0.29, 0.717) is 5.92 Å². The zero-order valence-corrected chi connectivity index (χ0v) is 15.8. The van der Waals surface area contributed by atoms with Crippen molar-refractivity contribution in [2.24, 2.45) is 11.7 Å². The van der Waals surface area contributed by atoms with Crippen molar-refractivity contribution in [3.05, 3.63) is 35.9 Å². The molecule has 4 nitrogen and oxygen atoms in total. The topological polar surface area (TPSA) is 49.6 Å². The van der Waals surface area contributed by atoms with Crippen molar-refractivity contribution >= 4 is 30.7 Å². The van der Waals surface area contributed by atoms with Gasteiger partial charge in [-0.15, -0.1) is 24.8 Å². The highest BCUT2D eigenvalue weighted by atomic mass is 35.5. The lowest BCUT2D eigenvalue weighted by molar-refractivity contribution is -0.136. The Morgan fingerprint density at radius 2 is 1.96 bits per heavy atom. The van der Waals surface area contributed by atoms with E-state index < -0.39 is 5.54 Å². The highest BCUT2D eigenvalue weighted by molar-refractivity contribution is 5.87. The number of benzene rings is 1. The smallest absolute Gasteiger partial charge is 0.246 e. The van der Waals surface area contributed by atoms with Crippen LogP contribution in [0.3, 0.4) is 0 Å². The number of piperidine rings is 1. The lowest BCUT2D eigenvalue weighted by atomic mass is 9.91. The number of hydrogen-bond donors (Lipinski definition) is 1. The first-order chi connectivity index (χ1) is 9.91. The van der Waals surface area contributed by atoms with Crippen LogP contribution in [0.25, 0.3) is 0 Å². The summed E-state index contributed by atoms with van der Waals surface area (Å²) in [5.74, 6) is 0.534. The average Bonchev–Trinajstić information content (AvgIpc) is 2.47. The van der Waals surface area contributed by atoms with Gasteiger partial charge in [0.05, 0.1) is 0 Å². The van der Waals surface area contributed by atoms with Gasteiger partial charge in [-0.25, -0.2) is 0 Å². The van der Waals surface area contributed by atoms with Gasteiger partial charge in [0.2, 0.25) is 5.91 Å². The van der Waals surface area contributed by atoms with Crippen LogP contribution in [-0.2, 0) is 10.3 Å². The third-order valence-electron chi connectivity index (χ3n) is 4.42. The number of likely N-dealkylation sites (N-methyl/N-ethyl adjacent to an activating group) is 1. The van der Waals surface area contributed by atoms with Crippen molar-refractivity contribution in [3.63, 3.8) is 0 Å². The summed E-state index contributed by atoms with van der Waals surface area (Å²) in [6, 6.07) is 9.61. The Morgan fingerprint density at radius 1 is 1.35 bits per heavy atom. The van der Waals surface area contributed by atoms with Gasteiger partial charge in [-0.05, 0) is 44.8 Å². The molecule has 0 spiro atoms. The molecule has 1 aromatic rings. The summed E-state index contributed by atoms with van der Waals surface area (Å²) in [5.41, 5.74) is 6.22. The van der Waals surface area contributed by atoms with E-state index >= 15 is 0 Å². The quantitative estimate of drug-likeness (QED) is 0.896. The van der Waals surface area contributed by atoms with Gasteiger partial charge in [0, 0.05) is 20.1 Å². The molecule has 1 saturated heterocycles. The molecule has 0 saturated carbocycles. The predicted molar refractivity (Wildman–Crippen MR) is 100 cm³/mol. The van der Waals surface area contributed by atoms with E-state index in [0.717, 1.165) is 25.2 Å². The minimum atomic E-state index is -0.962. The monoisotopic (exact) mass is 361 g/mol. The maximum atomic E-state index is 12.7. The predicted octanol–water partition coefficient (Wildman–Crippen LogP) is 2.50. The van der Waals surface area contributed by atoms with Gasteiger partial charge in [-0.1, -0.05) is 30.3 Å². The van der Waals surface area contributed by atoms with Crippen LogP contribution in [0.2, 0.25) is 0 Å². The first-order valence-electron chi connectivity index (χ1n) is 7.69. The average molecular weight is 362 g/mol. The van der Waals surface area contributed by atoms with Gasteiger partial charge >= 0.3 is 0 Å². The maximum absolute atomic E-state index is 12.7. The fraction of sp³-hybridized carbons (Fsp3) is 0.588. The molecule has 1 heterocycles. The van der Waals surface area contributed by atoms with E-state index in [1.54, 1.807) is 11.8 Å². The molecule has 132 valence electrons. The zero-order valence-electron chi connectivity index (χ0n) is 14.2. The van der Waals surface area contributed by atoms with E-state index in [4.69, 9.17) is 5.73 Å². The normalized spacial score (nSPS) is 20.6. The Morgan fingerprint density at radius 3 is 2.52 bits per heavy atom. The van der Waals surface area contributed by atoms with Crippen LogP contribution in [-0.4, -0.2) is 49.4 Å². The minimum absolute atomic E-state index is 0. The van der Waals surface area contributed by atoms with E-state index in [2.05, 4.69) is 11.9 Å². The molecule has 6 heteroatoms. The van der Waals surface area contributed by atoms with Crippen molar-refractivity contribution in [1.82, 2.24) is 9.80 Å². The minimum Gasteiger partial charge on any atom is -0.344 e. The second-order valence-corrected chi connectivity index (χ2v) is 6.52. The number of hydrogen-bond acceptors (Lipinski definition) is 3. The zero-order chi connectivity index (χ0) is 15.5. The standard InChI is InChI=1S/C17H27N3O.2ClH/c1-17(18,15-9-5-4-6-10-15)16(21)20(3)13-14-8-7-11-19(2)12-14;;/h4-6,9-10,14H,7-8,11-13,18H2,1-3H3;2*1H. The second kappa shape index (κ2) is 9.48. The number of halogens is 2. The van der Waals surface area contributed by atoms with Crippen LogP contribution in [0.5, 0.6) is 0 Å². The molecule has 2 N–H and O–H groups in total. The summed E-state index contributed by atoms with van der Waals surface area (Å²) in [7, 11) is 4.01. The molecular formula is C17H29Cl2N3O. The second-order valence-electron chi connectivity index (χ2n) is 6.52. The van der Waals surface area contributed by atoms with Crippen molar-refractivity contribution in [2.75, 3.05) is 33.7 Å². The molecule has 1 amide bonds. The summed E-state index contributed by atoms with van der Waals surface area (Å²) in [6.45, 7) is 4.80. The van der Waals surface area contributed by atoms with Crippen LogP contribution in [0.1, 0.15) is 25.3 Å². The molecule has 0 radical (unpaired) electrons. The third kappa shape index (κ3) is 5.64. The van der Waals surface area contributed by atoms with Gasteiger partial charge in [-0.3, -0.25) is 4.79 Å². The molecule has 23 heavy (non-hydrogen) atoms. The van der Waals surface area contributed by atoms with Gasteiger partial charge in [0.25, 0.3) is 0 Å². The largest absolute Gasteiger partial charge is 0.344 e. The highest BCUT2D eigenvalue weighted by Gasteiger charge is 2.34. The number of nitrogens with two attached hydrogens (primary N) is 1. The number of carbonyl (C=O) groups excluding carboxylic acids is 1. The number of amides is 1. The molecule has 1 fully saturated rings. The summed E-state index contributed by atoms with van der Waals surface area (Å²) < 4.78 is 0. The van der Waals surface area contributed by atoms with E-state index in [1.807, 2.05) is 37.4 Å².